The Hall–Kier alpha value is -1.36. The van der Waals surface area contributed by atoms with Crippen molar-refractivity contribution in [3.8, 4) is 0 Å². The maximum atomic E-state index is 11.4. The minimum absolute atomic E-state index is 0.107. The van der Waals surface area contributed by atoms with Crippen molar-refractivity contribution in [1.82, 2.24) is 9.80 Å². The summed E-state index contributed by atoms with van der Waals surface area (Å²) in [4.78, 5) is 20.3. The standard InChI is InChI=1S/C14H24N4O/c1-12(19)18-8-4-14(13(10-15)11-18)16-5-9-17-6-2-3-7-17/h10H,2-9,11,15H2,1H3. The van der Waals surface area contributed by atoms with Crippen molar-refractivity contribution in [2.45, 2.75) is 26.2 Å². The highest BCUT2D eigenvalue weighted by Gasteiger charge is 2.21. The third-order valence-electron chi connectivity index (χ3n) is 3.91. The van der Waals surface area contributed by atoms with Gasteiger partial charge < -0.3 is 15.5 Å². The van der Waals surface area contributed by atoms with E-state index in [0.29, 0.717) is 6.54 Å². The Morgan fingerprint density at radius 1 is 1.37 bits per heavy atom. The van der Waals surface area contributed by atoms with Crippen LogP contribution in [0.3, 0.4) is 0 Å². The number of amides is 1. The average molecular weight is 264 g/mol. The molecular weight excluding hydrogens is 240 g/mol. The van der Waals surface area contributed by atoms with Gasteiger partial charge in [0.15, 0.2) is 0 Å². The van der Waals surface area contributed by atoms with Crippen molar-refractivity contribution in [3.05, 3.63) is 11.8 Å². The van der Waals surface area contributed by atoms with Gasteiger partial charge in [0, 0.05) is 50.5 Å². The van der Waals surface area contributed by atoms with Crippen LogP contribution in [0.25, 0.3) is 0 Å². The van der Waals surface area contributed by atoms with Gasteiger partial charge in [-0.25, -0.2) is 0 Å². The summed E-state index contributed by atoms with van der Waals surface area (Å²) in [7, 11) is 0. The quantitative estimate of drug-likeness (QED) is 0.813. The van der Waals surface area contributed by atoms with Gasteiger partial charge in [0.2, 0.25) is 5.91 Å². The van der Waals surface area contributed by atoms with Crippen LogP contribution in [0.5, 0.6) is 0 Å². The summed E-state index contributed by atoms with van der Waals surface area (Å²) in [6.07, 6.45) is 5.06. The summed E-state index contributed by atoms with van der Waals surface area (Å²) >= 11 is 0. The largest absolute Gasteiger partial charge is 0.404 e. The van der Waals surface area contributed by atoms with E-state index in [9.17, 15) is 4.79 Å². The molecule has 2 fully saturated rings. The molecule has 1 amide bonds. The topological polar surface area (TPSA) is 61.9 Å². The highest BCUT2D eigenvalue weighted by Crippen LogP contribution is 2.13. The lowest BCUT2D eigenvalue weighted by Crippen LogP contribution is -2.39. The molecule has 19 heavy (non-hydrogen) atoms. The minimum Gasteiger partial charge on any atom is -0.404 e. The van der Waals surface area contributed by atoms with Crippen molar-refractivity contribution in [3.63, 3.8) is 0 Å². The van der Waals surface area contributed by atoms with Gasteiger partial charge in [-0.3, -0.25) is 9.79 Å². The maximum absolute atomic E-state index is 11.4. The van der Waals surface area contributed by atoms with Crippen molar-refractivity contribution in [1.29, 1.82) is 0 Å². The number of aliphatic imine (C=N–C) groups is 1. The smallest absolute Gasteiger partial charge is 0.219 e. The molecule has 2 heterocycles. The molecule has 0 aromatic heterocycles. The molecule has 0 radical (unpaired) electrons. The predicted molar refractivity (Wildman–Crippen MR) is 77.1 cm³/mol. The fourth-order valence-electron chi connectivity index (χ4n) is 2.71. The van der Waals surface area contributed by atoms with Gasteiger partial charge in [-0.1, -0.05) is 0 Å². The van der Waals surface area contributed by atoms with Crippen LogP contribution in [0.4, 0.5) is 0 Å². The predicted octanol–water partition coefficient (Wildman–Crippen LogP) is 0.618. The van der Waals surface area contributed by atoms with E-state index >= 15 is 0 Å². The lowest BCUT2D eigenvalue weighted by Gasteiger charge is -2.28. The van der Waals surface area contributed by atoms with Crippen LogP contribution >= 0.6 is 0 Å². The molecule has 2 rings (SSSR count). The molecule has 0 spiro atoms. The number of carbonyl (C=O) groups is 1. The van der Waals surface area contributed by atoms with Gasteiger partial charge in [0.05, 0.1) is 6.54 Å². The van der Waals surface area contributed by atoms with Crippen LogP contribution < -0.4 is 5.73 Å². The van der Waals surface area contributed by atoms with Gasteiger partial charge in [-0.15, -0.1) is 0 Å². The molecule has 2 aliphatic rings. The number of piperidine rings is 1. The zero-order valence-corrected chi connectivity index (χ0v) is 11.8. The summed E-state index contributed by atoms with van der Waals surface area (Å²) in [6, 6.07) is 0. The third kappa shape index (κ3) is 3.80. The lowest BCUT2D eigenvalue weighted by molar-refractivity contribution is -0.128. The van der Waals surface area contributed by atoms with E-state index in [1.165, 1.54) is 25.9 Å². The highest BCUT2D eigenvalue weighted by atomic mass is 16.2. The van der Waals surface area contributed by atoms with Crippen LogP contribution in [0.1, 0.15) is 26.2 Å². The monoisotopic (exact) mass is 264 g/mol. The van der Waals surface area contributed by atoms with Gasteiger partial charge in [0.25, 0.3) is 0 Å². The maximum Gasteiger partial charge on any atom is 0.219 e. The van der Waals surface area contributed by atoms with E-state index in [0.717, 1.165) is 37.3 Å². The van der Waals surface area contributed by atoms with Gasteiger partial charge >= 0.3 is 0 Å². The van der Waals surface area contributed by atoms with Crippen LogP contribution in [-0.4, -0.2) is 60.7 Å². The van der Waals surface area contributed by atoms with Crippen molar-refractivity contribution in [2.24, 2.45) is 10.7 Å². The Labute approximate surface area is 115 Å². The zero-order valence-electron chi connectivity index (χ0n) is 11.8. The number of hydrogen-bond acceptors (Lipinski definition) is 4. The lowest BCUT2D eigenvalue weighted by atomic mass is 10.0. The molecule has 2 saturated heterocycles. The van der Waals surface area contributed by atoms with Crippen LogP contribution in [0.2, 0.25) is 0 Å². The molecule has 0 aliphatic carbocycles. The van der Waals surface area contributed by atoms with Gasteiger partial charge in [-0.05, 0) is 25.9 Å². The van der Waals surface area contributed by atoms with Crippen molar-refractivity contribution >= 4 is 11.6 Å². The van der Waals surface area contributed by atoms with Crippen LogP contribution in [-0.2, 0) is 4.79 Å². The normalized spacial score (nSPS) is 25.4. The molecule has 0 bridgehead atoms. The van der Waals surface area contributed by atoms with E-state index < -0.39 is 0 Å². The summed E-state index contributed by atoms with van der Waals surface area (Å²) in [5.41, 5.74) is 7.74. The van der Waals surface area contributed by atoms with E-state index in [2.05, 4.69) is 9.89 Å². The molecule has 0 unspecified atom stereocenters. The first-order valence-corrected chi connectivity index (χ1v) is 7.13. The molecule has 0 aromatic carbocycles. The average Bonchev–Trinajstić information content (AvgIpc) is 2.92. The van der Waals surface area contributed by atoms with Crippen LogP contribution in [0, 0.1) is 0 Å². The Balaban J connectivity index is 1.86. The highest BCUT2D eigenvalue weighted by molar-refractivity contribution is 6.02. The van der Waals surface area contributed by atoms with E-state index in [-0.39, 0.29) is 5.91 Å². The molecule has 0 saturated carbocycles. The molecule has 5 heteroatoms. The summed E-state index contributed by atoms with van der Waals surface area (Å²) in [6.45, 7) is 7.27. The second kappa shape index (κ2) is 6.70. The van der Waals surface area contributed by atoms with Crippen LogP contribution in [0.15, 0.2) is 16.8 Å². The molecule has 106 valence electrons. The zero-order chi connectivity index (χ0) is 13.7. The molecule has 0 atom stereocenters. The number of carbonyl (C=O) groups excluding carboxylic acids is 1. The Bertz CT molecular complexity index is 383. The van der Waals surface area contributed by atoms with Crippen molar-refractivity contribution < 1.29 is 4.79 Å². The molecule has 2 aliphatic heterocycles. The minimum atomic E-state index is 0.107. The van der Waals surface area contributed by atoms with E-state index in [4.69, 9.17) is 5.73 Å². The summed E-state index contributed by atoms with van der Waals surface area (Å²) in [5, 5.41) is 0. The van der Waals surface area contributed by atoms with E-state index in [1.54, 1.807) is 13.1 Å². The fraction of sp³-hybridized carbons (Fsp3) is 0.714. The number of nitrogens with zero attached hydrogens (tertiary/aromatic N) is 3. The molecule has 0 aromatic rings. The van der Waals surface area contributed by atoms with Gasteiger partial charge in [-0.2, -0.15) is 0 Å². The SMILES string of the molecule is CC(=O)N1CCC(=NCCN2CCCC2)C(=CN)C1. The number of likely N-dealkylation sites (tertiary alicyclic amines) is 2. The van der Waals surface area contributed by atoms with Crippen molar-refractivity contribution in [2.75, 3.05) is 39.3 Å². The molecular formula is C14H24N4O. The Morgan fingerprint density at radius 3 is 2.74 bits per heavy atom. The number of nitrogens with two attached hydrogens (primary N) is 1. The first-order valence-electron chi connectivity index (χ1n) is 7.13. The second-order valence-electron chi connectivity index (χ2n) is 5.26. The molecule has 2 N–H and O–H groups in total. The van der Waals surface area contributed by atoms with E-state index in [1.807, 2.05) is 4.90 Å². The Kier molecular flexibility index (Phi) is 4.96. The fourth-order valence-corrected chi connectivity index (χ4v) is 2.71. The third-order valence-corrected chi connectivity index (χ3v) is 3.91. The number of rotatable bonds is 3. The first kappa shape index (κ1) is 14.1. The molecule has 5 nitrogen and oxygen atoms in total. The second-order valence-corrected chi connectivity index (χ2v) is 5.26. The Morgan fingerprint density at radius 2 is 2.11 bits per heavy atom. The van der Waals surface area contributed by atoms with Gasteiger partial charge in [0.1, 0.15) is 0 Å². The summed E-state index contributed by atoms with van der Waals surface area (Å²) in [5.74, 6) is 0.107. The summed E-state index contributed by atoms with van der Waals surface area (Å²) < 4.78 is 0. The number of hydrogen-bond donors (Lipinski definition) is 1. The first-order chi connectivity index (χ1) is 9.20.